The molecule has 0 aliphatic heterocycles. The van der Waals surface area contributed by atoms with Crippen molar-refractivity contribution in [2.45, 2.75) is 103 Å². The van der Waals surface area contributed by atoms with Gasteiger partial charge in [-0.05, 0) is 25.7 Å². The maximum Gasteiger partial charge on any atom is 0.0574 e. The smallest absolute Gasteiger partial charge is 0.0574 e. The van der Waals surface area contributed by atoms with Gasteiger partial charge in [0.05, 0.1) is 6.10 Å². The summed E-state index contributed by atoms with van der Waals surface area (Å²) in [5.41, 5.74) is 0. The zero-order chi connectivity index (χ0) is 14.2. The van der Waals surface area contributed by atoms with Crippen molar-refractivity contribution in [3.05, 3.63) is 12.2 Å². The second kappa shape index (κ2) is 15.8. The Labute approximate surface area is 121 Å². The predicted molar refractivity (Wildman–Crippen MR) is 86.5 cm³/mol. The summed E-state index contributed by atoms with van der Waals surface area (Å²) in [4.78, 5) is 0. The van der Waals surface area contributed by atoms with E-state index in [2.05, 4.69) is 26.0 Å². The Balaban J connectivity index is 3.22. The van der Waals surface area contributed by atoms with Crippen molar-refractivity contribution in [1.82, 2.24) is 0 Å². The molecule has 0 aromatic rings. The van der Waals surface area contributed by atoms with Gasteiger partial charge in [-0.2, -0.15) is 0 Å². The Hall–Kier alpha value is -0.300. The molecule has 0 saturated heterocycles. The maximum absolute atomic E-state index is 9.80. The zero-order valence-corrected chi connectivity index (χ0v) is 13.4. The summed E-state index contributed by atoms with van der Waals surface area (Å²) >= 11 is 0. The molecule has 0 fully saturated rings. The Morgan fingerprint density at radius 2 is 1.32 bits per heavy atom. The molecule has 0 aromatic heterocycles. The second-order valence-electron chi connectivity index (χ2n) is 5.77. The lowest BCUT2D eigenvalue weighted by Gasteiger charge is -2.07. The van der Waals surface area contributed by atoms with E-state index in [0.717, 1.165) is 12.8 Å². The Kier molecular flexibility index (Phi) is 15.5. The molecule has 0 heterocycles. The Bertz CT molecular complexity index is 186. The van der Waals surface area contributed by atoms with Crippen LogP contribution in [0.3, 0.4) is 0 Å². The monoisotopic (exact) mass is 268 g/mol. The summed E-state index contributed by atoms with van der Waals surface area (Å²) in [5.74, 6) is 0. The Morgan fingerprint density at radius 3 is 2.00 bits per heavy atom. The van der Waals surface area contributed by atoms with Crippen LogP contribution in [0.2, 0.25) is 0 Å². The molecule has 1 unspecified atom stereocenters. The summed E-state index contributed by atoms with van der Waals surface area (Å²) in [6.07, 6.45) is 20.6. The van der Waals surface area contributed by atoms with Crippen LogP contribution in [-0.4, -0.2) is 11.2 Å². The zero-order valence-electron chi connectivity index (χ0n) is 13.4. The first-order chi connectivity index (χ1) is 9.31. The number of aliphatic hydroxyl groups excluding tert-OH is 1. The average molecular weight is 268 g/mol. The number of unbranched alkanes of at least 4 members (excludes halogenated alkanes) is 9. The highest BCUT2D eigenvalue weighted by Gasteiger charge is 2.00. The normalized spacial score (nSPS) is 13.2. The van der Waals surface area contributed by atoms with E-state index in [1.54, 1.807) is 0 Å². The molecule has 0 saturated carbocycles. The minimum Gasteiger partial charge on any atom is -0.393 e. The lowest BCUT2D eigenvalue weighted by Crippen LogP contribution is -2.04. The van der Waals surface area contributed by atoms with Gasteiger partial charge in [0, 0.05) is 0 Å². The highest BCUT2D eigenvalue weighted by atomic mass is 16.3. The van der Waals surface area contributed by atoms with Gasteiger partial charge >= 0.3 is 0 Å². The minimum absolute atomic E-state index is 0.113. The van der Waals surface area contributed by atoms with Crippen molar-refractivity contribution in [1.29, 1.82) is 0 Å². The van der Waals surface area contributed by atoms with E-state index in [9.17, 15) is 5.11 Å². The fourth-order valence-corrected chi connectivity index (χ4v) is 2.34. The number of hydrogen-bond donors (Lipinski definition) is 1. The molecule has 0 aliphatic rings. The highest BCUT2D eigenvalue weighted by Crippen LogP contribution is 2.10. The molecule has 19 heavy (non-hydrogen) atoms. The molecule has 0 amide bonds. The van der Waals surface area contributed by atoms with E-state index in [-0.39, 0.29) is 6.10 Å². The molecule has 0 spiro atoms. The first-order valence-corrected chi connectivity index (χ1v) is 8.64. The number of rotatable bonds is 14. The van der Waals surface area contributed by atoms with E-state index in [4.69, 9.17) is 0 Å². The second-order valence-corrected chi connectivity index (χ2v) is 5.77. The van der Waals surface area contributed by atoms with Crippen molar-refractivity contribution >= 4 is 0 Å². The predicted octanol–water partition coefficient (Wildman–Crippen LogP) is 6.01. The molecule has 0 rings (SSSR count). The molecule has 0 aromatic carbocycles. The molecule has 1 atom stereocenters. The Morgan fingerprint density at radius 1 is 0.737 bits per heavy atom. The third-order valence-electron chi connectivity index (χ3n) is 3.69. The average Bonchev–Trinajstić information content (AvgIpc) is 2.42. The van der Waals surface area contributed by atoms with Crippen molar-refractivity contribution < 1.29 is 5.11 Å². The summed E-state index contributed by atoms with van der Waals surface area (Å²) in [6.45, 7) is 4.48. The molecule has 1 nitrogen and oxygen atoms in total. The number of aliphatic hydroxyl groups is 1. The first-order valence-electron chi connectivity index (χ1n) is 8.64. The molecule has 1 heteroatoms. The van der Waals surface area contributed by atoms with Crippen molar-refractivity contribution in [2.75, 3.05) is 0 Å². The van der Waals surface area contributed by atoms with Crippen LogP contribution in [0.4, 0.5) is 0 Å². The lowest BCUT2D eigenvalue weighted by molar-refractivity contribution is 0.163. The van der Waals surface area contributed by atoms with Gasteiger partial charge in [0.2, 0.25) is 0 Å². The van der Waals surface area contributed by atoms with Gasteiger partial charge in [-0.1, -0.05) is 83.8 Å². The molecular weight excluding hydrogens is 232 g/mol. The number of allylic oxidation sites excluding steroid dienone is 1. The quantitative estimate of drug-likeness (QED) is 0.302. The van der Waals surface area contributed by atoms with Crippen LogP contribution < -0.4 is 0 Å². The van der Waals surface area contributed by atoms with E-state index >= 15 is 0 Å². The van der Waals surface area contributed by atoms with Gasteiger partial charge in [0.15, 0.2) is 0 Å². The molecule has 0 radical (unpaired) electrons. The van der Waals surface area contributed by atoms with Crippen molar-refractivity contribution in [3.63, 3.8) is 0 Å². The van der Waals surface area contributed by atoms with Gasteiger partial charge in [-0.3, -0.25) is 0 Å². The fraction of sp³-hybridized carbons (Fsp3) is 0.889. The summed E-state index contributed by atoms with van der Waals surface area (Å²) in [5, 5.41) is 9.80. The van der Waals surface area contributed by atoms with Gasteiger partial charge < -0.3 is 5.11 Å². The van der Waals surface area contributed by atoms with E-state index in [1.165, 1.54) is 70.6 Å². The lowest BCUT2D eigenvalue weighted by atomic mass is 10.1. The van der Waals surface area contributed by atoms with Crippen LogP contribution in [0, 0.1) is 0 Å². The third-order valence-corrected chi connectivity index (χ3v) is 3.69. The van der Waals surface area contributed by atoms with Gasteiger partial charge in [0.25, 0.3) is 0 Å². The standard InChI is InChI=1S/C18H36O/c1-3-5-7-9-10-11-12-13-15-17-18(19)16-14-8-6-4-2/h13,15,18-19H,3-12,14,16-17H2,1-2H3. The van der Waals surface area contributed by atoms with Crippen LogP contribution in [0.5, 0.6) is 0 Å². The van der Waals surface area contributed by atoms with Crippen LogP contribution in [0.25, 0.3) is 0 Å². The first kappa shape index (κ1) is 18.7. The topological polar surface area (TPSA) is 20.2 Å². The summed E-state index contributed by atoms with van der Waals surface area (Å²) in [6, 6.07) is 0. The van der Waals surface area contributed by atoms with Crippen molar-refractivity contribution in [2.24, 2.45) is 0 Å². The van der Waals surface area contributed by atoms with Crippen LogP contribution in [-0.2, 0) is 0 Å². The highest BCUT2D eigenvalue weighted by molar-refractivity contribution is 4.83. The van der Waals surface area contributed by atoms with Gasteiger partial charge in [-0.15, -0.1) is 0 Å². The molecule has 0 aliphatic carbocycles. The molecule has 0 bridgehead atoms. The van der Waals surface area contributed by atoms with Crippen LogP contribution in [0.1, 0.15) is 97.3 Å². The molecule has 1 N–H and O–H groups in total. The summed E-state index contributed by atoms with van der Waals surface area (Å²) in [7, 11) is 0. The molecule has 114 valence electrons. The fourth-order valence-electron chi connectivity index (χ4n) is 2.34. The third kappa shape index (κ3) is 15.6. The van der Waals surface area contributed by atoms with Gasteiger partial charge in [0.1, 0.15) is 0 Å². The molecular formula is C18H36O. The van der Waals surface area contributed by atoms with Crippen LogP contribution >= 0.6 is 0 Å². The summed E-state index contributed by atoms with van der Waals surface area (Å²) < 4.78 is 0. The minimum atomic E-state index is -0.113. The largest absolute Gasteiger partial charge is 0.393 e. The van der Waals surface area contributed by atoms with E-state index in [1.807, 2.05) is 0 Å². The van der Waals surface area contributed by atoms with Gasteiger partial charge in [-0.25, -0.2) is 0 Å². The number of hydrogen-bond acceptors (Lipinski definition) is 1. The van der Waals surface area contributed by atoms with Crippen molar-refractivity contribution in [3.8, 4) is 0 Å². The maximum atomic E-state index is 9.80. The van der Waals surface area contributed by atoms with E-state index in [0.29, 0.717) is 0 Å². The SMILES string of the molecule is CCCCCCCCC=CCC(O)CCCCCC. The van der Waals surface area contributed by atoms with Crippen LogP contribution in [0.15, 0.2) is 12.2 Å². The van der Waals surface area contributed by atoms with E-state index < -0.39 is 0 Å².